The topological polar surface area (TPSA) is 29.1 Å². The summed E-state index contributed by atoms with van der Waals surface area (Å²) in [5.74, 6) is -0.141. The first-order valence-electron chi connectivity index (χ1n) is 2.89. The van der Waals surface area contributed by atoms with Gasteiger partial charge in [-0.25, -0.2) is 0 Å². The Hall–Kier alpha value is -0.760. The number of nitrogens with one attached hydrogen (secondary N) is 1. The Bertz CT molecular complexity index is 163. The highest BCUT2D eigenvalue weighted by Gasteiger charge is 1.95. The molecule has 0 saturated heterocycles. The third-order valence-electron chi connectivity index (χ3n) is 0.827. The van der Waals surface area contributed by atoms with Gasteiger partial charge in [0.2, 0.25) is 0 Å². The van der Waals surface area contributed by atoms with Crippen LogP contribution in [0.3, 0.4) is 0 Å². The largest absolute Gasteiger partial charge is 0.386 e. The molecule has 0 saturated carbocycles. The first-order chi connectivity index (χ1) is 4.68. The van der Waals surface area contributed by atoms with Crippen molar-refractivity contribution in [1.29, 1.82) is 0 Å². The molecule has 0 amide bonds. The molecule has 0 aliphatic heterocycles. The SMILES string of the molecule is C=CCN/C=C(\Cl)C(C)=O. The van der Waals surface area contributed by atoms with Crippen LogP contribution in [0.5, 0.6) is 0 Å². The number of carbonyl (C=O) groups excluding carboxylic acids is 1. The highest BCUT2D eigenvalue weighted by Crippen LogP contribution is 1.98. The van der Waals surface area contributed by atoms with E-state index in [-0.39, 0.29) is 10.8 Å². The second-order valence-corrected chi connectivity index (χ2v) is 2.15. The minimum Gasteiger partial charge on any atom is -0.386 e. The molecule has 0 bridgehead atoms. The molecule has 0 fully saturated rings. The van der Waals surface area contributed by atoms with Crippen LogP contribution in [0.25, 0.3) is 0 Å². The normalized spacial score (nSPS) is 10.8. The van der Waals surface area contributed by atoms with E-state index >= 15 is 0 Å². The number of ketones is 1. The van der Waals surface area contributed by atoms with Gasteiger partial charge in [-0.15, -0.1) is 6.58 Å². The van der Waals surface area contributed by atoms with Gasteiger partial charge in [0.1, 0.15) is 0 Å². The Morgan fingerprint density at radius 3 is 2.80 bits per heavy atom. The predicted octanol–water partition coefficient (Wildman–Crippen LogP) is 1.43. The molecule has 56 valence electrons. The maximum Gasteiger partial charge on any atom is 0.172 e. The quantitative estimate of drug-likeness (QED) is 0.382. The maximum absolute atomic E-state index is 10.5. The van der Waals surface area contributed by atoms with Crippen LogP contribution in [0.2, 0.25) is 0 Å². The standard InChI is InChI=1S/C7H10ClNO/c1-3-4-9-5-7(8)6(2)10/h3,5,9H,1,4H2,2H3/b7-5-. The van der Waals surface area contributed by atoms with Crippen LogP contribution in [0.15, 0.2) is 23.9 Å². The number of allylic oxidation sites excluding steroid dienone is 1. The van der Waals surface area contributed by atoms with E-state index in [4.69, 9.17) is 11.6 Å². The number of carbonyl (C=O) groups is 1. The highest BCUT2D eigenvalue weighted by molar-refractivity contribution is 6.42. The molecule has 0 atom stereocenters. The fourth-order valence-corrected chi connectivity index (χ4v) is 0.411. The summed E-state index contributed by atoms with van der Waals surface area (Å²) in [6.45, 7) is 5.51. The zero-order chi connectivity index (χ0) is 7.98. The minimum atomic E-state index is -0.141. The van der Waals surface area contributed by atoms with E-state index in [1.54, 1.807) is 6.08 Å². The summed E-state index contributed by atoms with van der Waals surface area (Å²) in [4.78, 5) is 10.5. The number of rotatable bonds is 4. The van der Waals surface area contributed by atoms with Gasteiger partial charge in [0.05, 0.1) is 5.03 Å². The summed E-state index contributed by atoms with van der Waals surface area (Å²) in [7, 11) is 0. The Morgan fingerprint density at radius 2 is 2.40 bits per heavy atom. The third-order valence-corrected chi connectivity index (χ3v) is 1.20. The van der Waals surface area contributed by atoms with Crippen molar-refractivity contribution in [3.05, 3.63) is 23.9 Å². The van der Waals surface area contributed by atoms with Gasteiger partial charge in [0.25, 0.3) is 0 Å². The lowest BCUT2D eigenvalue weighted by molar-refractivity contribution is -0.113. The zero-order valence-corrected chi connectivity index (χ0v) is 6.61. The lowest BCUT2D eigenvalue weighted by atomic mass is 10.4. The zero-order valence-electron chi connectivity index (χ0n) is 5.86. The lowest BCUT2D eigenvalue weighted by Gasteiger charge is -1.93. The molecule has 10 heavy (non-hydrogen) atoms. The molecule has 0 radical (unpaired) electrons. The molecule has 1 N–H and O–H groups in total. The van der Waals surface area contributed by atoms with Crippen LogP contribution >= 0.6 is 11.6 Å². The Kier molecular flexibility index (Phi) is 4.67. The van der Waals surface area contributed by atoms with E-state index in [0.29, 0.717) is 6.54 Å². The maximum atomic E-state index is 10.5. The van der Waals surface area contributed by atoms with Gasteiger partial charge in [0, 0.05) is 19.7 Å². The number of Topliss-reactive ketones (excluding diaryl/α,β-unsaturated/α-hetero) is 1. The first kappa shape index (κ1) is 9.24. The van der Waals surface area contributed by atoms with Crippen LogP contribution in [-0.2, 0) is 4.79 Å². The van der Waals surface area contributed by atoms with E-state index in [1.165, 1.54) is 13.1 Å². The van der Waals surface area contributed by atoms with Crippen molar-refractivity contribution in [3.63, 3.8) is 0 Å². The molecule has 3 heteroatoms. The molecule has 0 aromatic rings. The minimum absolute atomic E-state index is 0.141. The van der Waals surface area contributed by atoms with Crippen LogP contribution in [0, 0.1) is 0 Å². The molecule has 0 aromatic heterocycles. The summed E-state index contributed by atoms with van der Waals surface area (Å²) in [6.07, 6.45) is 3.15. The molecule has 0 spiro atoms. The Balaban J connectivity index is 3.68. The van der Waals surface area contributed by atoms with Crippen LogP contribution < -0.4 is 5.32 Å². The van der Waals surface area contributed by atoms with Crippen LogP contribution in [0.1, 0.15) is 6.92 Å². The van der Waals surface area contributed by atoms with Gasteiger partial charge in [-0.1, -0.05) is 17.7 Å². The summed E-state index contributed by atoms with van der Waals surface area (Å²) >= 11 is 5.47. The Morgan fingerprint density at radius 1 is 1.80 bits per heavy atom. The molecule has 2 nitrogen and oxygen atoms in total. The molecule has 0 heterocycles. The average molecular weight is 160 g/mol. The second kappa shape index (κ2) is 5.06. The molecule has 0 unspecified atom stereocenters. The molecular weight excluding hydrogens is 150 g/mol. The first-order valence-corrected chi connectivity index (χ1v) is 3.27. The smallest absolute Gasteiger partial charge is 0.172 e. The van der Waals surface area contributed by atoms with Crippen molar-refractivity contribution in [2.75, 3.05) is 6.54 Å². The Labute approximate surface area is 65.6 Å². The number of hydrogen-bond acceptors (Lipinski definition) is 2. The summed E-state index contributed by atoms with van der Waals surface area (Å²) in [5, 5.41) is 2.99. The van der Waals surface area contributed by atoms with E-state index < -0.39 is 0 Å². The van der Waals surface area contributed by atoms with E-state index in [9.17, 15) is 4.79 Å². The molecular formula is C7H10ClNO. The molecule has 0 aliphatic carbocycles. The highest BCUT2D eigenvalue weighted by atomic mass is 35.5. The van der Waals surface area contributed by atoms with E-state index in [2.05, 4.69) is 11.9 Å². The monoisotopic (exact) mass is 159 g/mol. The third kappa shape index (κ3) is 4.15. The molecule has 0 aromatic carbocycles. The molecule has 0 aliphatic rings. The predicted molar refractivity (Wildman–Crippen MR) is 42.8 cm³/mol. The van der Waals surface area contributed by atoms with Gasteiger partial charge in [0.15, 0.2) is 5.78 Å². The van der Waals surface area contributed by atoms with Crippen LogP contribution in [0.4, 0.5) is 0 Å². The van der Waals surface area contributed by atoms with Crippen LogP contribution in [-0.4, -0.2) is 12.3 Å². The number of halogens is 1. The fourth-order valence-electron chi connectivity index (χ4n) is 0.333. The van der Waals surface area contributed by atoms with Crippen molar-refractivity contribution in [2.45, 2.75) is 6.92 Å². The van der Waals surface area contributed by atoms with Gasteiger partial charge < -0.3 is 5.32 Å². The lowest BCUT2D eigenvalue weighted by Crippen LogP contribution is -2.05. The van der Waals surface area contributed by atoms with Gasteiger partial charge >= 0.3 is 0 Å². The van der Waals surface area contributed by atoms with E-state index in [0.717, 1.165) is 0 Å². The summed E-state index contributed by atoms with van der Waals surface area (Å²) in [5.41, 5.74) is 0. The summed E-state index contributed by atoms with van der Waals surface area (Å²) in [6, 6.07) is 0. The van der Waals surface area contributed by atoms with Crippen molar-refractivity contribution < 1.29 is 4.79 Å². The van der Waals surface area contributed by atoms with E-state index in [1.807, 2.05) is 0 Å². The molecule has 0 rings (SSSR count). The van der Waals surface area contributed by atoms with Crippen molar-refractivity contribution in [1.82, 2.24) is 5.32 Å². The van der Waals surface area contributed by atoms with Crippen molar-refractivity contribution in [2.24, 2.45) is 0 Å². The second-order valence-electron chi connectivity index (χ2n) is 1.75. The number of hydrogen-bond donors (Lipinski definition) is 1. The van der Waals surface area contributed by atoms with Crippen molar-refractivity contribution >= 4 is 17.4 Å². The summed E-state index contributed by atoms with van der Waals surface area (Å²) < 4.78 is 0. The van der Waals surface area contributed by atoms with Gasteiger partial charge in [-0.05, 0) is 0 Å². The average Bonchev–Trinajstić information content (AvgIpc) is 1.88. The van der Waals surface area contributed by atoms with Gasteiger partial charge in [-0.2, -0.15) is 0 Å². The van der Waals surface area contributed by atoms with Gasteiger partial charge in [-0.3, -0.25) is 4.79 Å². The van der Waals surface area contributed by atoms with Crippen molar-refractivity contribution in [3.8, 4) is 0 Å². The fraction of sp³-hybridized carbons (Fsp3) is 0.286.